The van der Waals surface area contributed by atoms with Crippen molar-refractivity contribution in [1.82, 2.24) is 5.48 Å². The van der Waals surface area contributed by atoms with E-state index in [0.717, 1.165) is 24.9 Å². The van der Waals surface area contributed by atoms with Gasteiger partial charge in [0.25, 0.3) is 5.91 Å². The normalized spacial score (nSPS) is 14.9. The third-order valence-corrected chi connectivity index (χ3v) is 4.03. The van der Waals surface area contributed by atoms with Gasteiger partial charge < -0.3 is 9.74 Å². The van der Waals surface area contributed by atoms with Gasteiger partial charge in [0.05, 0.1) is 5.69 Å². The van der Waals surface area contributed by atoms with Crippen molar-refractivity contribution < 1.29 is 19.6 Å². The molecule has 0 saturated carbocycles. The van der Waals surface area contributed by atoms with Crippen molar-refractivity contribution in [1.29, 1.82) is 0 Å². The predicted molar refractivity (Wildman–Crippen MR) is 90.4 cm³/mol. The van der Waals surface area contributed by atoms with Crippen LogP contribution < -0.4 is 10.4 Å². The molecule has 0 aromatic heterocycles. The van der Waals surface area contributed by atoms with E-state index in [9.17, 15) is 9.59 Å². The fraction of sp³-hybridized carbons (Fsp3) is 0.438. The number of nitrogens with zero attached hydrogens (tertiary/aromatic N) is 2. The van der Waals surface area contributed by atoms with Crippen molar-refractivity contribution in [3.8, 4) is 0 Å². The Morgan fingerprint density at radius 1 is 1.33 bits per heavy atom. The molecular formula is C16H20ClN3O4. The van der Waals surface area contributed by atoms with Crippen LogP contribution in [0.4, 0.5) is 5.69 Å². The van der Waals surface area contributed by atoms with Crippen molar-refractivity contribution in [3.05, 3.63) is 28.8 Å². The van der Waals surface area contributed by atoms with E-state index in [-0.39, 0.29) is 17.5 Å². The Hall–Kier alpha value is -2.12. The second kappa shape index (κ2) is 8.65. The number of oxime groups is 1. The molecule has 0 unspecified atom stereocenters. The molecule has 2 rings (SSSR count). The molecular weight excluding hydrogens is 334 g/mol. The third kappa shape index (κ3) is 4.24. The highest BCUT2D eigenvalue weighted by molar-refractivity contribution is 6.54. The number of anilines is 1. The monoisotopic (exact) mass is 353 g/mol. The Morgan fingerprint density at radius 3 is 2.79 bits per heavy atom. The van der Waals surface area contributed by atoms with Crippen LogP contribution in [0.25, 0.3) is 0 Å². The first-order valence-corrected chi connectivity index (χ1v) is 8.12. The van der Waals surface area contributed by atoms with E-state index in [2.05, 4.69) is 5.16 Å². The first kappa shape index (κ1) is 18.2. The number of nitrogens with one attached hydrogen (secondary N) is 1. The summed E-state index contributed by atoms with van der Waals surface area (Å²) < 4.78 is 0. The average molecular weight is 354 g/mol. The number of halogens is 1. The summed E-state index contributed by atoms with van der Waals surface area (Å²) >= 11 is 6.01. The maximum atomic E-state index is 12.5. The number of benzene rings is 1. The van der Waals surface area contributed by atoms with Gasteiger partial charge in [0.2, 0.25) is 5.91 Å². The molecule has 130 valence electrons. The van der Waals surface area contributed by atoms with Crippen molar-refractivity contribution in [2.45, 2.75) is 32.1 Å². The fourth-order valence-electron chi connectivity index (χ4n) is 2.65. The summed E-state index contributed by atoms with van der Waals surface area (Å²) in [7, 11) is 1.40. The highest BCUT2D eigenvalue weighted by Crippen LogP contribution is 2.32. The van der Waals surface area contributed by atoms with Crippen LogP contribution in [-0.4, -0.2) is 36.4 Å². The van der Waals surface area contributed by atoms with Gasteiger partial charge in [0.1, 0.15) is 7.11 Å². The quantitative estimate of drug-likeness (QED) is 0.426. The zero-order chi connectivity index (χ0) is 17.5. The molecule has 0 radical (unpaired) electrons. The van der Waals surface area contributed by atoms with Gasteiger partial charge in [-0.15, -0.1) is 0 Å². The first-order chi connectivity index (χ1) is 11.6. The number of rotatable bonds is 8. The standard InChI is InChI=1S/C16H20ClN3O4/c1-24-19-15-12-10-11(17)7-8-13(12)20(16(15)22)9-5-3-2-4-6-14(21)18-23/h7-8,10,23H,2-6,9H2,1H3,(H,18,21)/b19-15+. The smallest absolute Gasteiger partial charge is 0.281 e. The Bertz CT molecular complexity index is 648. The number of hydrogen-bond acceptors (Lipinski definition) is 5. The van der Waals surface area contributed by atoms with Gasteiger partial charge in [0, 0.05) is 23.6 Å². The lowest BCUT2D eigenvalue weighted by molar-refractivity contribution is -0.129. The summed E-state index contributed by atoms with van der Waals surface area (Å²) in [6.45, 7) is 0.558. The van der Waals surface area contributed by atoms with E-state index in [0.29, 0.717) is 30.0 Å². The summed E-state index contributed by atoms with van der Waals surface area (Å²) in [5.41, 5.74) is 3.32. The van der Waals surface area contributed by atoms with Crippen LogP contribution >= 0.6 is 11.6 Å². The third-order valence-electron chi connectivity index (χ3n) is 3.80. The molecule has 0 spiro atoms. The maximum Gasteiger partial charge on any atom is 0.281 e. The molecule has 1 heterocycles. The van der Waals surface area contributed by atoms with Gasteiger partial charge in [-0.05, 0) is 31.0 Å². The number of hydroxylamine groups is 1. The topological polar surface area (TPSA) is 91.2 Å². The molecule has 24 heavy (non-hydrogen) atoms. The van der Waals surface area contributed by atoms with E-state index in [1.165, 1.54) is 7.11 Å². The van der Waals surface area contributed by atoms with Gasteiger partial charge >= 0.3 is 0 Å². The van der Waals surface area contributed by atoms with Gasteiger partial charge in [-0.3, -0.25) is 14.8 Å². The van der Waals surface area contributed by atoms with E-state index >= 15 is 0 Å². The number of unbranched alkanes of at least 4 members (excludes halogenated alkanes) is 3. The van der Waals surface area contributed by atoms with Gasteiger partial charge in [-0.2, -0.15) is 0 Å². The fourth-order valence-corrected chi connectivity index (χ4v) is 2.82. The molecule has 0 fully saturated rings. The lowest BCUT2D eigenvalue weighted by atomic mass is 10.1. The minimum Gasteiger partial charge on any atom is -0.398 e. The second-order valence-corrected chi connectivity index (χ2v) is 5.88. The number of fused-ring (bicyclic) bond motifs is 1. The molecule has 1 aromatic carbocycles. The van der Waals surface area contributed by atoms with Crippen LogP contribution in [0.5, 0.6) is 0 Å². The molecule has 0 aliphatic carbocycles. The summed E-state index contributed by atoms with van der Waals surface area (Å²) in [6, 6.07) is 5.25. The number of amides is 2. The molecule has 2 N–H and O–H groups in total. The van der Waals surface area contributed by atoms with Gasteiger partial charge in [0.15, 0.2) is 5.71 Å². The molecule has 8 heteroatoms. The molecule has 2 amide bonds. The lowest BCUT2D eigenvalue weighted by Crippen LogP contribution is -2.31. The Kier molecular flexibility index (Phi) is 6.57. The van der Waals surface area contributed by atoms with Crippen molar-refractivity contribution in [2.75, 3.05) is 18.6 Å². The summed E-state index contributed by atoms with van der Waals surface area (Å²) in [5, 5.41) is 12.8. The first-order valence-electron chi connectivity index (χ1n) is 7.74. The van der Waals surface area contributed by atoms with E-state index < -0.39 is 0 Å². The molecule has 1 aliphatic rings. The minimum atomic E-state index is -0.379. The number of hydrogen-bond donors (Lipinski definition) is 2. The Balaban J connectivity index is 1.93. The molecule has 0 bridgehead atoms. The molecule has 0 atom stereocenters. The minimum absolute atomic E-state index is 0.200. The van der Waals surface area contributed by atoms with Crippen LogP contribution in [0, 0.1) is 0 Å². The van der Waals surface area contributed by atoms with Crippen LogP contribution in [0.3, 0.4) is 0 Å². The van der Waals surface area contributed by atoms with Crippen LogP contribution in [0.1, 0.15) is 37.7 Å². The zero-order valence-electron chi connectivity index (χ0n) is 13.4. The molecule has 1 aliphatic heterocycles. The van der Waals surface area contributed by atoms with Crippen molar-refractivity contribution >= 4 is 34.8 Å². The van der Waals surface area contributed by atoms with E-state index in [4.69, 9.17) is 21.6 Å². The van der Waals surface area contributed by atoms with Gasteiger partial charge in [-0.25, -0.2) is 5.48 Å². The highest BCUT2D eigenvalue weighted by Gasteiger charge is 2.34. The van der Waals surface area contributed by atoms with Crippen molar-refractivity contribution in [2.24, 2.45) is 5.16 Å². The second-order valence-electron chi connectivity index (χ2n) is 5.44. The SMILES string of the molecule is CO/N=C1/C(=O)N(CCCCCCC(=O)NO)c2ccc(Cl)cc21. The van der Waals surface area contributed by atoms with Crippen molar-refractivity contribution in [3.63, 3.8) is 0 Å². The van der Waals surface area contributed by atoms with E-state index in [1.54, 1.807) is 28.6 Å². The van der Waals surface area contributed by atoms with Crippen LogP contribution in [0.2, 0.25) is 5.02 Å². The largest absolute Gasteiger partial charge is 0.398 e. The summed E-state index contributed by atoms with van der Waals surface area (Å²) in [6.07, 6.45) is 3.52. The molecule has 0 saturated heterocycles. The van der Waals surface area contributed by atoms with Crippen LogP contribution in [0.15, 0.2) is 23.4 Å². The predicted octanol–water partition coefficient (Wildman–Crippen LogP) is 2.49. The Morgan fingerprint density at radius 2 is 2.08 bits per heavy atom. The summed E-state index contributed by atoms with van der Waals surface area (Å²) in [4.78, 5) is 29.9. The van der Waals surface area contributed by atoms with Crippen LogP contribution in [-0.2, 0) is 14.4 Å². The Labute approximate surface area is 145 Å². The zero-order valence-corrected chi connectivity index (χ0v) is 14.2. The van der Waals surface area contributed by atoms with Gasteiger partial charge in [-0.1, -0.05) is 29.6 Å². The molecule has 7 nitrogen and oxygen atoms in total. The molecule has 1 aromatic rings. The average Bonchev–Trinajstić information content (AvgIpc) is 2.82. The summed E-state index contributed by atoms with van der Waals surface area (Å²) in [5.74, 6) is -0.579. The number of carbonyl (C=O) groups is 2. The highest BCUT2D eigenvalue weighted by atomic mass is 35.5. The maximum absolute atomic E-state index is 12.5. The lowest BCUT2D eigenvalue weighted by Gasteiger charge is -2.16. The number of carbonyl (C=O) groups excluding carboxylic acids is 2. The van der Waals surface area contributed by atoms with E-state index in [1.807, 2.05) is 0 Å².